The number of halogens is 1. The van der Waals surface area contributed by atoms with Crippen LogP contribution >= 0.6 is 24.0 Å². The lowest BCUT2D eigenvalue weighted by Crippen LogP contribution is -2.45. The smallest absolute Gasteiger partial charge is 0.225 e. The van der Waals surface area contributed by atoms with Gasteiger partial charge in [0.05, 0.1) is 0 Å². The van der Waals surface area contributed by atoms with Crippen molar-refractivity contribution in [1.29, 1.82) is 0 Å². The number of nitrogens with zero attached hydrogens (tertiary/aromatic N) is 2. The summed E-state index contributed by atoms with van der Waals surface area (Å²) in [7, 11) is 1.76. The minimum absolute atomic E-state index is 0. The Morgan fingerprint density at radius 2 is 1.84 bits per heavy atom. The Kier molecular flexibility index (Phi) is 10.6. The largest absolute Gasteiger partial charge is 0.352 e. The van der Waals surface area contributed by atoms with E-state index >= 15 is 0 Å². The van der Waals surface area contributed by atoms with Crippen molar-refractivity contribution in [2.75, 3.05) is 25.5 Å². The molecule has 1 unspecified atom stereocenters. The number of hydrogen-bond acceptors (Lipinski definition) is 3. The molecule has 172 valence electrons. The van der Waals surface area contributed by atoms with Gasteiger partial charge in [-0.1, -0.05) is 31.9 Å². The fourth-order valence-electron chi connectivity index (χ4n) is 4.24. The second-order valence-electron chi connectivity index (χ2n) is 8.32. The van der Waals surface area contributed by atoms with E-state index in [1.807, 2.05) is 36.1 Å². The number of nitrogens with one attached hydrogen (secondary N) is 3. The molecule has 1 aromatic carbocycles. The summed E-state index contributed by atoms with van der Waals surface area (Å²) in [5.41, 5.74) is 1.92. The predicted octanol–water partition coefficient (Wildman–Crippen LogP) is 3.50. The number of aliphatic imine (C=N–C) groups is 1. The Labute approximate surface area is 202 Å². The van der Waals surface area contributed by atoms with E-state index in [1.54, 1.807) is 7.05 Å². The van der Waals surface area contributed by atoms with E-state index in [9.17, 15) is 9.59 Å². The van der Waals surface area contributed by atoms with Gasteiger partial charge in [0, 0.05) is 50.7 Å². The summed E-state index contributed by atoms with van der Waals surface area (Å²) in [5.74, 6) is 1.38. The maximum absolute atomic E-state index is 12.6. The molecule has 1 heterocycles. The fraction of sp³-hybridized carbons (Fsp3) is 0.609. The van der Waals surface area contributed by atoms with E-state index in [4.69, 9.17) is 0 Å². The van der Waals surface area contributed by atoms with Crippen molar-refractivity contribution < 1.29 is 9.59 Å². The van der Waals surface area contributed by atoms with Crippen molar-refractivity contribution in [2.45, 2.75) is 64.5 Å². The molecule has 2 fully saturated rings. The van der Waals surface area contributed by atoms with Gasteiger partial charge in [-0.05, 0) is 43.4 Å². The number of benzene rings is 1. The molecular weight excluding hydrogens is 505 g/mol. The van der Waals surface area contributed by atoms with Gasteiger partial charge in [0.2, 0.25) is 11.8 Å². The first-order valence-corrected chi connectivity index (χ1v) is 11.2. The maximum Gasteiger partial charge on any atom is 0.225 e. The molecule has 1 aliphatic heterocycles. The van der Waals surface area contributed by atoms with Gasteiger partial charge >= 0.3 is 0 Å². The molecular formula is C23H36IN5O2. The Hall–Kier alpha value is -1.84. The van der Waals surface area contributed by atoms with Crippen LogP contribution in [0.15, 0.2) is 29.3 Å². The highest BCUT2D eigenvalue weighted by Gasteiger charge is 2.32. The summed E-state index contributed by atoms with van der Waals surface area (Å²) >= 11 is 0. The molecule has 1 aromatic rings. The van der Waals surface area contributed by atoms with E-state index in [1.165, 1.54) is 12.8 Å². The second-order valence-corrected chi connectivity index (χ2v) is 8.32. The van der Waals surface area contributed by atoms with Gasteiger partial charge in [-0.2, -0.15) is 0 Å². The van der Waals surface area contributed by atoms with Gasteiger partial charge in [0.1, 0.15) is 0 Å². The van der Waals surface area contributed by atoms with E-state index in [0.29, 0.717) is 18.9 Å². The monoisotopic (exact) mass is 541 g/mol. The fourth-order valence-corrected chi connectivity index (χ4v) is 4.24. The van der Waals surface area contributed by atoms with Crippen molar-refractivity contribution in [1.82, 2.24) is 15.5 Å². The number of carbonyl (C=O) groups excluding carboxylic acids is 2. The van der Waals surface area contributed by atoms with Crippen molar-refractivity contribution in [2.24, 2.45) is 10.9 Å². The topological polar surface area (TPSA) is 85.8 Å². The van der Waals surface area contributed by atoms with Crippen LogP contribution in [0.2, 0.25) is 0 Å². The third-order valence-electron chi connectivity index (χ3n) is 5.94. The lowest BCUT2D eigenvalue weighted by atomic mass is 10.1. The van der Waals surface area contributed by atoms with Crippen LogP contribution in [-0.2, 0) is 16.1 Å². The van der Waals surface area contributed by atoms with E-state index in [2.05, 4.69) is 20.9 Å². The summed E-state index contributed by atoms with van der Waals surface area (Å²) in [6, 6.07) is 8.07. The lowest BCUT2D eigenvalue weighted by Gasteiger charge is -2.21. The normalized spacial score (nSPS) is 19.1. The molecule has 7 nitrogen and oxygen atoms in total. The maximum atomic E-state index is 12.6. The number of carbonyl (C=O) groups is 2. The molecule has 2 amide bonds. The number of hydrogen-bond donors (Lipinski definition) is 3. The third kappa shape index (κ3) is 7.66. The minimum Gasteiger partial charge on any atom is -0.352 e. The molecule has 3 N–H and O–H groups in total. The molecule has 0 spiro atoms. The van der Waals surface area contributed by atoms with Gasteiger partial charge in [0.25, 0.3) is 0 Å². The summed E-state index contributed by atoms with van der Waals surface area (Å²) in [6.45, 7) is 4.21. The molecule has 1 saturated heterocycles. The molecule has 31 heavy (non-hydrogen) atoms. The summed E-state index contributed by atoms with van der Waals surface area (Å²) in [4.78, 5) is 30.6. The van der Waals surface area contributed by atoms with Crippen molar-refractivity contribution >= 4 is 47.4 Å². The van der Waals surface area contributed by atoms with Gasteiger partial charge < -0.3 is 20.9 Å². The van der Waals surface area contributed by atoms with Crippen LogP contribution in [0.5, 0.6) is 0 Å². The Morgan fingerprint density at radius 3 is 2.48 bits per heavy atom. The highest BCUT2D eigenvalue weighted by molar-refractivity contribution is 14.0. The molecule has 1 atom stereocenters. The van der Waals surface area contributed by atoms with E-state index in [-0.39, 0.29) is 41.8 Å². The molecule has 0 bridgehead atoms. The quantitative estimate of drug-likeness (QED) is 0.280. The first-order chi connectivity index (χ1) is 14.6. The highest BCUT2D eigenvalue weighted by atomic mass is 127. The van der Waals surface area contributed by atoms with Gasteiger partial charge in [-0.15, -0.1) is 24.0 Å². The number of amides is 2. The van der Waals surface area contributed by atoms with Crippen LogP contribution in [-0.4, -0.2) is 48.9 Å². The van der Waals surface area contributed by atoms with E-state index < -0.39 is 0 Å². The SMILES string of the molecule is CCCC(=O)Nc1ccc(CNC(=NC)NC2CCN(C(=O)C3CCCC3)C2)cc1.I. The third-order valence-corrected chi connectivity index (χ3v) is 5.94. The Morgan fingerprint density at radius 1 is 1.13 bits per heavy atom. The molecule has 1 aliphatic carbocycles. The Bertz CT molecular complexity index is 747. The van der Waals surface area contributed by atoms with Crippen LogP contribution in [0.3, 0.4) is 0 Å². The summed E-state index contributed by atoms with van der Waals surface area (Å²) in [6.07, 6.45) is 6.81. The van der Waals surface area contributed by atoms with Crippen molar-refractivity contribution in [3.8, 4) is 0 Å². The zero-order valence-electron chi connectivity index (χ0n) is 18.7. The molecule has 3 rings (SSSR count). The summed E-state index contributed by atoms with van der Waals surface area (Å²) < 4.78 is 0. The number of guanidine groups is 1. The average molecular weight is 541 g/mol. The number of anilines is 1. The molecule has 0 radical (unpaired) electrons. The first kappa shape index (κ1) is 25.4. The van der Waals surface area contributed by atoms with Crippen molar-refractivity contribution in [3.63, 3.8) is 0 Å². The molecule has 1 saturated carbocycles. The van der Waals surface area contributed by atoms with Gasteiger partial charge in [-0.25, -0.2) is 0 Å². The van der Waals surface area contributed by atoms with E-state index in [0.717, 1.165) is 56.0 Å². The van der Waals surface area contributed by atoms with Crippen LogP contribution in [0.4, 0.5) is 5.69 Å². The molecule has 8 heteroatoms. The average Bonchev–Trinajstić information content (AvgIpc) is 3.44. The highest BCUT2D eigenvalue weighted by Crippen LogP contribution is 2.27. The van der Waals surface area contributed by atoms with Gasteiger partial charge in [-0.3, -0.25) is 14.6 Å². The molecule has 2 aliphatic rings. The first-order valence-electron chi connectivity index (χ1n) is 11.2. The van der Waals surface area contributed by atoms with Crippen LogP contribution in [0, 0.1) is 5.92 Å². The predicted molar refractivity (Wildman–Crippen MR) is 136 cm³/mol. The number of likely N-dealkylation sites (tertiary alicyclic amines) is 1. The lowest BCUT2D eigenvalue weighted by molar-refractivity contribution is -0.134. The summed E-state index contributed by atoms with van der Waals surface area (Å²) in [5, 5.41) is 9.69. The number of rotatable bonds is 7. The Balaban J connectivity index is 0.00000341. The zero-order chi connectivity index (χ0) is 21.3. The van der Waals surface area contributed by atoms with Crippen LogP contribution in [0.1, 0.15) is 57.4 Å². The second kappa shape index (κ2) is 12.9. The van der Waals surface area contributed by atoms with Gasteiger partial charge in [0.15, 0.2) is 5.96 Å². The van der Waals surface area contributed by atoms with Crippen LogP contribution < -0.4 is 16.0 Å². The van der Waals surface area contributed by atoms with Crippen LogP contribution in [0.25, 0.3) is 0 Å². The van der Waals surface area contributed by atoms with Crippen molar-refractivity contribution in [3.05, 3.63) is 29.8 Å². The molecule has 0 aromatic heterocycles. The standard InChI is InChI=1S/C23H35N5O2.HI/c1-3-6-21(29)26-19-11-9-17(10-12-19)15-25-23(24-2)27-20-13-14-28(16-20)22(30)18-7-4-5-8-18;/h9-12,18,20H,3-8,13-16H2,1-2H3,(H,26,29)(H2,24,25,27);1H. The zero-order valence-corrected chi connectivity index (χ0v) is 21.0. The minimum atomic E-state index is 0.